The van der Waals surface area contributed by atoms with Gasteiger partial charge in [-0.2, -0.15) is 5.11 Å². The van der Waals surface area contributed by atoms with Crippen LogP contribution in [0.15, 0.2) is 0 Å². The largest absolute Gasteiger partial charge is 0.430 e. The maximum atomic E-state index is 10.7. The second kappa shape index (κ2) is 5.93. The van der Waals surface area contributed by atoms with Crippen molar-refractivity contribution < 1.29 is 24.9 Å². The van der Waals surface area contributed by atoms with Crippen LogP contribution < -0.4 is 0 Å². The topological polar surface area (TPSA) is 86.7 Å². The van der Waals surface area contributed by atoms with Gasteiger partial charge in [-0.15, -0.1) is 0 Å². The predicted molar refractivity (Wildman–Crippen MR) is 38.6 cm³/mol. The summed E-state index contributed by atoms with van der Waals surface area (Å²) in [6.07, 6.45) is -2.68. The Morgan fingerprint density at radius 3 is 2.58 bits per heavy atom. The van der Waals surface area contributed by atoms with E-state index in [1.165, 1.54) is 0 Å². The summed E-state index contributed by atoms with van der Waals surface area (Å²) in [5.41, 5.74) is 0. The fourth-order valence-electron chi connectivity index (χ4n) is 0.557. The minimum atomic E-state index is -1.88. The van der Waals surface area contributed by atoms with Crippen molar-refractivity contribution in [3.05, 3.63) is 0 Å². The first-order chi connectivity index (χ1) is 5.61. The molecule has 0 rings (SSSR count). The van der Waals surface area contributed by atoms with E-state index in [0.717, 1.165) is 0 Å². The van der Waals surface area contributed by atoms with Gasteiger partial charge in [0.05, 0.1) is 6.61 Å². The highest BCUT2D eigenvalue weighted by Gasteiger charge is 2.20. The summed E-state index contributed by atoms with van der Waals surface area (Å²) in [6, 6.07) is 0. The van der Waals surface area contributed by atoms with E-state index in [4.69, 9.17) is 10.2 Å². The third-order valence-corrected chi connectivity index (χ3v) is 1.20. The molecule has 5 heteroatoms. The van der Waals surface area contributed by atoms with Crippen molar-refractivity contribution in [2.24, 2.45) is 0 Å². The molecule has 0 aliphatic carbocycles. The van der Waals surface area contributed by atoms with Crippen LogP contribution in [0, 0.1) is 0 Å². The molecule has 0 aromatic carbocycles. The maximum Gasteiger partial charge on any atom is 0.308 e. The molecule has 71 valence electrons. The van der Waals surface area contributed by atoms with Crippen LogP contribution in [0.2, 0.25) is 0 Å². The molecule has 0 saturated carbocycles. The van der Waals surface area contributed by atoms with E-state index in [1.54, 1.807) is 6.92 Å². The fraction of sp³-hybridized carbons (Fsp3) is 0.857. The van der Waals surface area contributed by atoms with Gasteiger partial charge in [-0.05, 0) is 6.42 Å². The van der Waals surface area contributed by atoms with Gasteiger partial charge in [0, 0.05) is 6.42 Å². The second-order valence-electron chi connectivity index (χ2n) is 2.36. The van der Waals surface area contributed by atoms with Crippen molar-refractivity contribution in [2.45, 2.75) is 32.2 Å². The van der Waals surface area contributed by atoms with Gasteiger partial charge in [-0.3, -0.25) is 4.79 Å². The molecule has 2 atom stereocenters. The number of carbonyl (C=O) groups is 1. The third-order valence-electron chi connectivity index (χ3n) is 1.20. The number of ether oxygens (including phenoxy) is 1. The minimum absolute atomic E-state index is 0.150. The van der Waals surface area contributed by atoms with Gasteiger partial charge >= 0.3 is 5.97 Å². The molecular formula is C7H13O5. The number of hydrogen-bond donors (Lipinski definition) is 2. The van der Waals surface area contributed by atoms with Gasteiger partial charge in [-0.25, -0.2) is 0 Å². The number of esters is 1. The van der Waals surface area contributed by atoms with E-state index in [1.807, 2.05) is 0 Å². The Bertz CT molecular complexity index is 136. The molecule has 0 aliphatic rings. The smallest absolute Gasteiger partial charge is 0.308 e. The highest BCUT2D eigenvalue weighted by molar-refractivity contribution is 5.69. The summed E-state index contributed by atoms with van der Waals surface area (Å²) in [4.78, 5) is 10.7. The Kier molecular flexibility index (Phi) is 5.61. The van der Waals surface area contributed by atoms with Crippen molar-refractivity contribution in [1.29, 1.82) is 0 Å². The van der Waals surface area contributed by atoms with E-state index in [2.05, 4.69) is 4.74 Å². The Balaban J connectivity index is 3.67. The molecule has 0 saturated heterocycles. The van der Waals surface area contributed by atoms with Gasteiger partial charge in [0.2, 0.25) is 0 Å². The molecular weight excluding hydrogens is 164 g/mol. The van der Waals surface area contributed by atoms with E-state index in [0.29, 0.717) is 6.42 Å². The average molecular weight is 177 g/mol. The van der Waals surface area contributed by atoms with E-state index in [9.17, 15) is 9.90 Å². The summed E-state index contributed by atoms with van der Waals surface area (Å²) < 4.78 is 4.24. The molecule has 0 fully saturated rings. The van der Waals surface area contributed by atoms with E-state index in [-0.39, 0.29) is 6.42 Å². The first-order valence-electron chi connectivity index (χ1n) is 3.76. The number of aliphatic hydroxyl groups is 2. The van der Waals surface area contributed by atoms with Gasteiger partial charge in [0.15, 0.2) is 0 Å². The monoisotopic (exact) mass is 177 g/mol. The lowest BCUT2D eigenvalue weighted by Crippen LogP contribution is -2.32. The minimum Gasteiger partial charge on any atom is -0.430 e. The zero-order valence-corrected chi connectivity index (χ0v) is 6.90. The van der Waals surface area contributed by atoms with Crippen LogP contribution in [0.1, 0.15) is 19.8 Å². The average Bonchev–Trinajstić information content (AvgIpc) is 2.03. The molecule has 0 aromatic heterocycles. The Morgan fingerprint density at radius 1 is 1.58 bits per heavy atom. The summed E-state index contributed by atoms with van der Waals surface area (Å²) in [5.74, 6) is -0.648. The summed E-state index contributed by atoms with van der Waals surface area (Å²) in [7, 11) is 0. The van der Waals surface area contributed by atoms with Crippen LogP contribution in [0.3, 0.4) is 0 Å². The van der Waals surface area contributed by atoms with Gasteiger partial charge in [-0.1, -0.05) is 6.92 Å². The lowest BCUT2D eigenvalue weighted by Gasteiger charge is -2.13. The second-order valence-corrected chi connectivity index (χ2v) is 2.36. The summed E-state index contributed by atoms with van der Waals surface area (Å²) in [5, 5.41) is 27.7. The van der Waals surface area contributed by atoms with Crippen molar-refractivity contribution in [1.82, 2.24) is 0 Å². The molecule has 2 unspecified atom stereocenters. The molecule has 5 nitrogen and oxygen atoms in total. The Hall–Kier alpha value is -0.650. The molecule has 0 aromatic rings. The van der Waals surface area contributed by atoms with Crippen molar-refractivity contribution in [2.75, 3.05) is 6.61 Å². The lowest BCUT2D eigenvalue weighted by molar-refractivity contribution is -0.208. The number of aliphatic hydroxyl groups excluding tert-OH is 2. The van der Waals surface area contributed by atoms with Crippen LogP contribution in [-0.4, -0.2) is 35.2 Å². The molecule has 0 spiro atoms. The summed E-state index contributed by atoms with van der Waals surface area (Å²) >= 11 is 0. The number of carbonyl (C=O) groups excluding carboxylic acids is 1. The van der Waals surface area contributed by atoms with Gasteiger partial charge in [0.25, 0.3) is 6.29 Å². The molecule has 12 heavy (non-hydrogen) atoms. The third kappa shape index (κ3) is 4.27. The molecule has 0 amide bonds. The zero-order chi connectivity index (χ0) is 9.56. The van der Waals surface area contributed by atoms with Crippen molar-refractivity contribution in [3.8, 4) is 0 Å². The molecule has 1 radical (unpaired) electrons. The SMILES string of the molecule is CCCC(=O)OC([O])C(O)CO. The molecule has 0 bridgehead atoms. The first-order valence-corrected chi connectivity index (χ1v) is 3.76. The first kappa shape index (κ1) is 11.4. The van der Waals surface area contributed by atoms with E-state index < -0.39 is 25.0 Å². The quantitative estimate of drug-likeness (QED) is 0.435. The van der Waals surface area contributed by atoms with Crippen LogP contribution in [0.5, 0.6) is 0 Å². The maximum absolute atomic E-state index is 10.7. The zero-order valence-electron chi connectivity index (χ0n) is 6.90. The molecule has 0 heterocycles. The van der Waals surface area contributed by atoms with Crippen LogP contribution in [0.4, 0.5) is 0 Å². The van der Waals surface area contributed by atoms with Crippen LogP contribution >= 0.6 is 0 Å². The van der Waals surface area contributed by atoms with Gasteiger partial charge < -0.3 is 14.9 Å². The molecule has 0 aliphatic heterocycles. The highest BCUT2D eigenvalue weighted by atomic mass is 16.6. The van der Waals surface area contributed by atoms with Crippen LogP contribution in [0.25, 0.3) is 0 Å². The van der Waals surface area contributed by atoms with Crippen LogP contribution in [-0.2, 0) is 14.6 Å². The Morgan fingerprint density at radius 2 is 2.17 bits per heavy atom. The lowest BCUT2D eigenvalue weighted by atomic mass is 10.3. The Labute approximate surface area is 70.6 Å². The standard InChI is InChI=1S/C7H13O5/c1-2-3-6(10)12-7(11)5(9)4-8/h5,7-9H,2-4H2,1H3. The fourth-order valence-corrected chi connectivity index (χ4v) is 0.557. The summed E-state index contributed by atoms with van der Waals surface area (Å²) in [6.45, 7) is 1.07. The van der Waals surface area contributed by atoms with E-state index >= 15 is 0 Å². The predicted octanol–water partition coefficient (Wildman–Crippen LogP) is -0.560. The highest BCUT2D eigenvalue weighted by Crippen LogP contribution is 1.99. The van der Waals surface area contributed by atoms with Crippen molar-refractivity contribution >= 4 is 5.97 Å². The molecule has 2 N–H and O–H groups in total. The van der Waals surface area contributed by atoms with Crippen molar-refractivity contribution in [3.63, 3.8) is 0 Å². The normalized spacial score (nSPS) is 15.3. The number of rotatable bonds is 5. The number of hydrogen-bond acceptors (Lipinski definition) is 4. The van der Waals surface area contributed by atoms with Gasteiger partial charge in [0.1, 0.15) is 6.10 Å².